The molecule has 0 aromatic carbocycles. The summed E-state index contributed by atoms with van der Waals surface area (Å²) in [7, 11) is 0. The fourth-order valence-electron chi connectivity index (χ4n) is 0.890. The average Bonchev–Trinajstić information content (AvgIpc) is 2.17. The van der Waals surface area contributed by atoms with Crippen molar-refractivity contribution >= 4 is 11.5 Å². The first kappa shape index (κ1) is 13.3. The van der Waals surface area contributed by atoms with E-state index in [2.05, 4.69) is 27.7 Å². The van der Waals surface area contributed by atoms with E-state index in [1.165, 1.54) is 0 Å². The molecule has 0 saturated heterocycles. The fraction of sp³-hybridized carbons (Fsp3) is 1.00. The van der Waals surface area contributed by atoms with E-state index in [9.17, 15) is 0 Å². The normalized spacial score (nSPS) is 14.5. The first-order chi connectivity index (χ1) is 6.11. The second-order valence-corrected chi connectivity index (χ2v) is 4.83. The zero-order chi connectivity index (χ0) is 10.3. The Balaban J connectivity index is 4.02. The summed E-state index contributed by atoms with van der Waals surface area (Å²) in [5.74, 6) is 0.948. The molecule has 0 aliphatic carbocycles. The fourth-order valence-corrected chi connectivity index (χ4v) is 2.17. The lowest BCUT2D eigenvalue weighted by atomic mass is 10.0. The van der Waals surface area contributed by atoms with Crippen molar-refractivity contribution in [2.24, 2.45) is 0 Å². The van der Waals surface area contributed by atoms with Crippen LogP contribution in [0.15, 0.2) is 0 Å². The SMILES string of the molecule is CCO[S+](CC)OC(C)(CC)CC. The zero-order valence-corrected chi connectivity index (χ0v) is 10.4. The Kier molecular flexibility index (Phi) is 6.82. The van der Waals surface area contributed by atoms with Crippen LogP contribution in [0.2, 0.25) is 0 Å². The molecule has 0 spiro atoms. The summed E-state index contributed by atoms with van der Waals surface area (Å²) in [6, 6.07) is 0. The minimum atomic E-state index is -0.301. The molecule has 80 valence electrons. The highest BCUT2D eigenvalue weighted by Gasteiger charge is 2.33. The van der Waals surface area contributed by atoms with Gasteiger partial charge < -0.3 is 0 Å². The van der Waals surface area contributed by atoms with Crippen LogP contribution in [0, 0.1) is 0 Å². The molecule has 0 aromatic heterocycles. The highest BCUT2D eigenvalue weighted by atomic mass is 32.2. The molecular weight excluding hydrogens is 184 g/mol. The van der Waals surface area contributed by atoms with Gasteiger partial charge in [0.25, 0.3) is 0 Å². The van der Waals surface area contributed by atoms with E-state index in [0.29, 0.717) is 0 Å². The molecule has 0 amide bonds. The van der Waals surface area contributed by atoms with Crippen LogP contribution >= 0.6 is 0 Å². The topological polar surface area (TPSA) is 18.5 Å². The summed E-state index contributed by atoms with van der Waals surface area (Å²) in [5.41, 5.74) is -0.00566. The summed E-state index contributed by atoms with van der Waals surface area (Å²) < 4.78 is 11.4. The smallest absolute Gasteiger partial charge is 0.141 e. The molecule has 2 nitrogen and oxygen atoms in total. The van der Waals surface area contributed by atoms with E-state index in [1.54, 1.807) is 0 Å². The van der Waals surface area contributed by atoms with E-state index in [4.69, 9.17) is 8.37 Å². The second kappa shape index (κ2) is 6.68. The van der Waals surface area contributed by atoms with E-state index in [1.807, 2.05) is 6.92 Å². The van der Waals surface area contributed by atoms with Crippen LogP contribution in [-0.2, 0) is 19.8 Å². The standard InChI is InChI=1S/C10H23O2S/c1-6-10(5,7-2)12-13(9-4)11-8-3/h6-9H2,1-5H3/q+1. The lowest BCUT2D eigenvalue weighted by Gasteiger charge is -2.22. The Hall–Kier alpha value is 0.270. The van der Waals surface area contributed by atoms with Crippen molar-refractivity contribution in [3.8, 4) is 0 Å². The van der Waals surface area contributed by atoms with Crippen LogP contribution in [0.4, 0.5) is 0 Å². The summed E-state index contributed by atoms with van der Waals surface area (Å²) in [4.78, 5) is 0. The monoisotopic (exact) mass is 207 g/mol. The Morgan fingerprint density at radius 1 is 1.08 bits per heavy atom. The Morgan fingerprint density at radius 3 is 1.92 bits per heavy atom. The molecule has 0 N–H and O–H groups in total. The zero-order valence-electron chi connectivity index (χ0n) is 9.55. The average molecular weight is 207 g/mol. The van der Waals surface area contributed by atoms with Gasteiger partial charge in [-0.1, -0.05) is 13.8 Å². The largest absolute Gasteiger partial charge is 0.315 e. The van der Waals surface area contributed by atoms with Gasteiger partial charge in [0.1, 0.15) is 12.2 Å². The van der Waals surface area contributed by atoms with Gasteiger partial charge >= 0.3 is 11.5 Å². The van der Waals surface area contributed by atoms with Crippen molar-refractivity contribution in [2.75, 3.05) is 12.4 Å². The predicted octanol–water partition coefficient (Wildman–Crippen LogP) is 3.09. The molecule has 0 aromatic rings. The molecule has 3 heteroatoms. The van der Waals surface area contributed by atoms with Gasteiger partial charge in [-0.15, -0.1) is 8.37 Å². The molecule has 13 heavy (non-hydrogen) atoms. The summed E-state index contributed by atoms with van der Waals surface area (Å²) in [5, 5.41) is 0. The van der Waals surface area contributed by atoms with Crippen LogP contribution in [0.5, 0.6) is 0 Å². The third kappa shape index (κ3) is 4.89. The number of hydrogen-bond donors (Lipinski definition) is 0. The van der Waals surface area contributed by atoms with Crippen molar-refractivity contribution in [1.29, 1.82) is 0 Å². The summed E-state index contributed by atoms with van der Waals surface area (Å²) in [6.07, 6.45) is 2.08. The maximum atomic E-state index is 5.93. The molecule has 0 saturated carbocycles. The molecule has 0 rings (SSSR count). The Labute approximate surface area is 85.8 Å². The maximum Gasteiger partial charge on any atom is 0.315 e. The Morgan fingerprint density at radius 2 is 1.62 bits per heavy atom. The van der Waals surface area contributed by atoms with E-state index >= 15 is 0 Å². The van der Waals surface area contributed by atoms with Crippen LogP contribution in [-0.4, -0.2) is 18.0 Å². The minimum Gasteiger partial charge on any atom is -0.141 e. The first-order valence-electron chi connectivity index (χ1n) is 5.15. The van der Waals surface area contributed by atoms with Crippen molar-refractivity contribution < 1.29 is 8.37 Å². The predicted molar refractivity (Wildman–Crippen MR) is 59.6 cm³/mol. The highest BCUT2D eigenvalue weighted by Crippen LogP contribution is 2.23. The van der Waals surface area contributed by atoms with Crippen molar-refractivity contribution in [3.63, 3.8) is 0 Å². The van der Waals surface area contributed by atoms with Gasteiger partial charge in [-0.3, -0.25) is 0 Å². The van der Waals surface area contributed by atoms with E-state index in [0.717, 1.165) is 25.2 Å². The van der Waals surface area contributed by atoms with Gasteiger partial charge in [0.05, 0.1) is 0 Å². The third-order valence-corrected chi connectivity index (χ3v) is 3.83. The maximum absolute atomic E-state index is 5.93. The highest BCUT2D eigenvalue weighted by molar-refractivity contribution is 7.87. The number of rotatable bonds is 7. The number of hydrogen-bond acceptors (Lipinski definition) is 2. The third-order valence-electron chi connectivity index (χ3n) is 2.27. The van der Waals surface area contributed by atoms with E-state index < -0.39 is 0 Å². The van der Waals surface area contributed by atoms with Crippen LogP contribution < -0.4 is 0 Å². The molecule has 1 atom stereocenters. The lowest BCUT2D eigenvalue weighted by Crippen LogP contribution is -2.32. The molecule has 1 unspecified atom stereocenters. The molecule has 0 bridgehead atoms. The Bertz CT molecular complexity index is 124. The molecule has 0 aliphatic rings. The molecule has 0 aliphatic heterocycles. The van der Waals surface area contributed by atoms with Crippen molar-refractivity contribution in [2.45, 2.75) is 53.1 Å². The van der Waals surface area contributed by atoms with Gasteiger partial charge in [0.15, 0.2) is 5.75 Å². The first-order valence-corrected chi connectivity index (χ1v) is 6.39. The quantitative estimate of drug-likeness (QED) is 0.597. The molecule has 0 fully saturated rings. The van der Waals surface area contributed by atoms with Gasteiger partial charge in [-0.05, 0) is 33.6 Å². The van der Waals surface area contributed by atoms with Crippen molar-refractivity contribution in [3.05, 3.63) is 0 Å². The summed E-state index contributed by atoms with van der Waals surface area (Å²) in [6.45, 7) is 11.3. The molecule has 0 heterocycles. The van der Waals surface area contributed by atoms with Crippen LogP contribution in [0.3, 0.4) is 0 Å². The van der Waals surface area contributed by atoms with Crippen LogP contribution in [0.25, 0.3) is 0 Å². The van der Waals surface area contributed by atoms with Crippen molar-refractivity contribution in [1.82, 2.24) is 0 Å². The van der Waals surface area contributed by atoms with E-state index in [-0.39, 0.29) is 17.1 Å². The summed E-state index contributed by atoms with van der Waals surface area (Å²) >= 11 is -0.301. The lowest BCUT2D eigenvalue weighted by molar-refractivity contribution is 0.0828. The van der Waals surface area contributed by atoms with Gasteiger partial charge in [-0.2, -0.15) is 0 Å². The second-order valence-electron chi connectivity index (χ2n) is 3.24. The van der Waals surface area contributed by atoms with Crippen LogP contribution in [0.1, 0.15) is 47.5 Å². The minimum absolute atomic E-state index is 0.00566. The molecule has 0 radical (unpaired) electrons. The molecular formula is C10H23O2S+. The van der Waals surface area contributed by atoms with Gasteiger partial charge in [-0.25, -0.2) is 0 Å². The van der Waals surface area contributed by atoms with Gasteiger partial charge in [0, 0.05) is 0 Å². The van der Waals surface area contributed by atoms with Gasteiger partial charge in [0.2, 0.25) is 0 Å².